The number of sulfonamides is 1. The molecule has 1 aliphatic heterocycles. The Bertz CT molecular complexity index is 1090. The molecule has 0 radical (unpaired) electrons. The molecule has 1 heterocycles. The maximum absolute atomic E-state index is 13.4. The van der Waals surface area contributed by atoms with Crippen molar-refractivity contribution in [3.05, 3.63) is 46.5 Å². The van der Waals surface area contributed by atoms with Crippen molar-refractivity contribution >= 4 is 15.8 Å². The summed E-state index contributed by atoms with van der Waals surface area (Å²) in [4.78, 5) is 13.1. The van der Waals surface area contributed by atoms with Crippen LogP contribution in [-0.2, 0) is 16.4 Å². The molecule has 0 N–H and O–H groups in total. The van der Waals surface area contributed by atoms with E-state index in [1.54, 1.807) is 24.3 Å². The summed E-state index contributed by atoms with van der Waals surface area (Å²) in [6, 6.07) is 6.17. The van der Waals surface area contributed by atoms with Crippen molar-refractivity contribution in [2.24, 2.45) is 0 Å². The summed E-state index contributed by atoms with van der Waals surface area (Å²) in [5.74, 6) is 1.00. The molecule has 0 aromatic heterocycles. The lowest BCUT2D eigenvalue weighted by Gasteiger charge is -2.35. The predicted octanol–water partition coefficient (Wildman–Crippen LogP) is 2.90. The molecule has 2 aromatic carbocycles. The zero-order chi connectivity index (χ0) is 20.9. The first kappa shape index (κ1) is 19.7. The number of ketones is 1. The molecule has 1 unspecified atom stereocenters. The quantitative estimate of drug-likeness (QED) is 0.744. The summed E-state index contributed by atoms with van der Waals surface area (Å²) in [6.07, 6.45) is 0.487. The standard InChI is InChI=1S/C21H23NO6S/c1-12-5-7-13(8-6-12)29(24,25)22-10-9-14-17-15(22)11-16(23)18(17)20(27-3)21(28-4)19(14)26-2/h5-8,15H,9-11H2,1-4H3. The molecule has 1 aliphatic carbocycles. The molecule has 8 heteroatoms. The molecular formula is C21H23NO6S. The number of nitrogens with zero attached hydrogens (tertiary/aromatic N) is 1. The number of Topliss-reactive ketones (excluding diaryl/α,β-unsaturated/α-hetero) is 1. The molecule has 4 rings (SSSR count). The highest BCUT2D eigenvalue weighted by atomic mass is 32.2. The molecule has 2 aromatic rings. The zero-order valence-corrected chi connectivity index (χ0v) is 17.6. The monoisotopic (exact) mass is 417 g/mol. The lowest BCUT2D eigenvalue weighted by molar-refractivity contribution is 0.0973. The fourth-order valence-electron chi connectivity index (χ4n) is 4.37. The highest BCUT2D eigenvalue weighted by Gasteiger charge is 2.47. The van der Waals surface area contributed by atoms with Gasteiger partial charge < -0.3 is 14.2 Å². The number of aryl methyl sites for hydroxylation is 1. The van der Waals surface area contributed by atoms with Crippen LogP contribution in [0.1, 0.15) is 39.5 Å². The smallest absolute Gasteiger partial charge is 0.243 e. The second kappa shape index (κ2) is 7.03. The van der Waals surface area contributed by atoms with E-state index in [4.69, 9.17) is 14.2 Å². The van der Waals surface area contributed by atoms with Crippen LogP contribution in [0.25, 0.3) is 0 Å². The van der Waals surface area contributed by atoms with E-state index in [0.29, 0.717) is 34.8 Å². The van der Waals surface area contributed by atoms with E-state index in [1.165, 1.54) is 25.6 Å². The van der Waals surface area contributed by atoms with Crippen LogP contribution in [0.2, 0.25) is 0 Å². The van der Waals surface area contributed by atoms with Crippen LogP contribution >= 0.6 is 0 Å². The molecule has 2 aliphatic rings. The normalized spacial score (nSPS) is 18.5. The van der Waals surface area contributed by atoms with Crippen LogP contribution in [0.3, 0.4) is 0 Å². The Morgan fingerprint density at radius 1 is 0.966 bits per heavy atom. The SMILES string of the molecule is COc1c2c3c(c(OC)c1OC)C(=O)CC3N(S(=O)(=O)c1ccc(C)cc1)CC2. The van der Waals surface area contributed by atoms with Crippen molar-refractivity contribution < 1.29 is 27.4 Å². The summed E-state index contributed by atoms with van der Waals surface area (Å²) < 4.78 is 44.7. The van der Waals surface area contributed by atoms with Gasteiger partial charge >= 0.3 is 0 Å². The second-order valence-electron chi connectivity index (χ2n) is 7.19. The van der Waals surface area contributed by atoms with Crippen LogP contribution < -0.4 is 14.2 Å². The van der Waals surface area contributed by atoms with Gasteiger partial charge in [0.05, 0.1) is 37.8 Å². The number of hydrogen-bond acceptors (Lipinski definition) is 6. The minimum atomic E-state index is -3.76. The van der Waals surface area contributed by atoms with Crippen molar-refractivity contribution in [2.75, 3.05) is 27.9 Å². The number of benzene rings is 2. The number of carbonyl (C=O) groups is 1. The van der Waals surface area contributed by atoms with Gasteiger partial charge in [-0.15, -0.1) is 0 Å². The molecule has 0 saturated carbocycles. The van der Waals surface area contributed by atoms with E-state index in [2.05, 4.69) is 0 Å². The third-order valence-electron chi connectivity index (χ3n) is 5.67. The second-order valence-corrected chi connectivity index (χ2v) is 9.08. The highest BCUT2D eigenvalue weighted by Crippen LogP contribution is 2.54. The third kappa shape index (κ3) is 2.81. The molecule has 0 saturated heterocycles. The van der Waals surface area contributed by atoms with E-state index in [1.807, 2.05) is 6.92 Å². The van der Waals surface area contributed by atoms with Gasteiger partial charge in [-0.2, -0.15) is 4.31 Å². The van der Waals surface area contributed by atoms with E-state index in [0.717, 1.165) is 11.1 Å². The fourth-order valence-corrected chi connectivity index (χ4v) is 5.97. The highest BCUT2D eigenvalue weighted by molar-refractivity contribution is 7.89. The Morgan fingerprint density at radius 2 is 1.59 bits per heavy atom. The third-order valence-corrected chi connectivity index (χ3v) is 7.59. The lowest BCUT2D eigenvalue weighted by atomic mass is 9.92. The fraction of sp³-hybridized carbons (Fsp3) is 0.381. The molecule has 0 spiro atoms. The van der Waals surface area contributed by atoms with E-state index >= 15 is 0 Å². The summed E-state index contributed by atoms with van der Waals surface area (Å²) in [7, 11) is 0.726. The van der Waals surface area contributed by atoms with Gasteiger partial charge in [0.1, 0.15) is 0 Å². The number of ether oxygens (including phenoxy) is 3. The van der Waals surface area contributed by atoms with Gasteiger partial charge in [-0.1, -0.05) is 17.7 Å². The van der Waals surface area contributed by atoms with Gasteiger partial charge in [-0.05, 0) is 31.0 Å². The molecule has 0 fully saturated rings. The molecule has 29 heavy (non-hydrogen) atoms. The summed E-state index contributed by atoms with van der Waals surface area (Å²) in [6.45, 7) is 2.16. The maximum Gasteiger partial charge on any atom is 0.243 e. The van der Waals surface area contributed by atoms with E-state index in [-0.39, 0.29) is 23.6 Å². The van der Waals surface area contributed by atoms with Gasteiger partial charge in [0, 0.05) is 18.5 Å². The average Bonchev–Trinajstić information content (AvgIpc) is 3.05. The van der Waals surface area contributed by atoms with Gasteiger partial charge in [0.2, 0.25) is 15.8 Å². The van der Waals surface area contributed by atoms with Crippen molar-refractivity contribution in [3.63, 3.8) is 0 Å². The van der Waals surface area contributed by atoms with Crippen LogP contribution in [0.4, 0.5) is 0 Å². The largest absolute Gasteiger partial charge is 0.492 e. The maximum atomic E-state index is 13.4. The van der Waals surface area contributed by atoms with Crippen LogP contribution in [-0.4, -0.2) is 46.4 Å². The summed E-state index contributed by atoms with van der Waals surface area (Å²) in [5, 5.41) is 0. The molecule has 0 amide bonds. The molecular weight excluding hydrogens is 394 g/mol. The van der Waals surface area contributed by atoms with Crippen molar-refractivity contribution in [1.29, 1.82) is 0 Å². The Hall–Kier alpha value is -2.58. The van der Waals surface area contributed by atoms with Crippen LogP contribution in [0.5, 0.6) is 17.2 Å². The summed E-state index contributed by atoms with van der Waals surface area (Å²) in [5.41, 5.74) is 2.86. The minimum absolute atomic E-state index is 0.0696. The van der Waals surface area contributed by atoms with Crippen molar-refractivity contribution in [2.45, 2.75) is 30.7 Å². The van der Waals surface area contributed by atoms with Crippen LogP contribution in [0, 0.1) is 6.92 Å². The predicted molar refractivity (Wildman–Crippen MR) is 107 cm³/mol. The molecule has 7 nitrogen and oxygen atoms in total. The zero-order valence-electron chi connectivity index (χ0n) is 16.8. The molecule has 1 atom stereocenters. The van der Waals surface area contributed by atoms with Crippen molar-refractivity contribution in [1.82, 2.24) is 4.31 Å². The Morgan fingerprint density at radius 3 is 2.17 bits per heavy atom. The van der Waals surface area contributed by atoms with Gasteiger partial charge in [0.15, 0.2) is 17.3 Å². The van der Waals surface area contributed by atoms with Gasteiger partial charge in [0.25, 0.3) is 0 Å². The van der Waals surface area contributed by atoms with Crippen LogP contribution in [0.15, 0.2) is 29.2 Å². The Kier molecular flexibility index (Phi) is 4.78. The van der Waals surface area contributed by atoms with Gasteiger partial charge in [-0.3, -0.25) is 4.79 Å². The average molecular weight is 417 g/mol. The molecule has 154 valence electrons. The first-order valence-corrected chi connectivity index (χ1v) is 10.8. The number of methoxy groups -OCH3 is 3. The number of hydrogen-bond donors (Lipinski definition) is 0. The number of carbonyl (C=O) groups excluding carboxylic acids is 1. The lowest BCUT2D eigenvalue weighted by Crippen LogP contribution is -2.39. The first-order chi connectivity index (χ1) is 13.8. The Labute approximate surface area is 170 Å². The Balaban J connectivity index is 1.90. The van der Waals surface area contributed by atoms with Crippen molar-refractivity contribution in [3.8, 4) is 17.2 Å². The topological polar surface area (TPSA) is 82.1 Å². The molecule has 0 bridgehead atoms. The van der Waals surface area contributed by atoms with E-state index in [9.17, 15) is 13.2 Å². The summed E-state index contributed by atoms with van der Waals surface area (Å²) >= 11 is 0. The number of rotatable bonds is 5. The van der Waals surface area contributed by atoms with E-state index < -0.39 is 16.1 Å². The van der Waals surface area contributed by atoms with Gasteiger partial charge in [-0.25, -0.2) is 8.42 Å². The first-order valence-electron chi connectivity index (χ1n) is 9.31. The minimum Gasteiger partial charge on any atom is -0.492 e.